The van der Waals surface area contributed by atoms with Crippen molar-refractivity contribution in [2.45, 2.75) is 38.1 Å². The lowest BCUT2D eigenvalue weighted by Gasteiger charge is -2.23. The number of fused-ring (bicyclic) bond motifs is 1. The number of hydrogen-bond donors (Lipinski definition) is 2. The first-order chi connectivity index (χ1) is 14.8. The lowest BCUT2D eigenvalue weighted by molar-refractivity contribution is -0.121. The molecule has 1 unspecified atom stereocenters. The van der Waals surface area contributed by atoms with E-state index in [-0.39, 0.29) is 24.1 Å². The molecule has 10 heteroatoms. The lowest BCUT2D eigenvalue weighted by atomic mass is 9.99. The van der Waals surface area contributed by atoms with Gasteiger partial charge in [-0.1, -0.05) is 25.1 Å². The molecule has 1 amide bonds. The number of benzene rings is 1. The molecule has 8 nitrogen and oxygen atoms in total. The summed E-state index contributed by atoms with van der Waals surface area (Å²) in [5.74, 6) is -1.17. The summed E-state index contributed by atoms with van der Waals surface area (Å²) < 4.78 is 29.5. The van der Waals surface area contributed by atoms with Crippen LogP contribution in [0.5, 0.6) is 0 Å². The van der Waals surface area contributed by atoms with Crippen LogP contribution in [0.1, 0.15) is 42.4 Å². The number of likely N-dealkylation sites (N-methyl/N-ethyl adjacent to an activating group) is 1. The maximum Gasteiger partial charge on any atom is 0.245 e. The van der Waals surface area contributed by atoms with E-state index in [1.54, 1.807) is 31.4 Å². The Morgan fingerprint density at radius 1 is 1.23 bits per heavy atom. The third-order valence-electron chi connectivity index (χ3n) is 5.36. The molecule has 3 heterocycles. The van der Waals surface area contributed by atoms with Crippen molar-refractivity contribution in [3.05, 3.63) is 71.4 Å². The van der Waals surface area contributed by atoms with Crippen LogP contribution in [0.2, 0.25) is 0 Å². The Bertz CT molecular complexity index is 1100. The molecule has 1 aliphatic rings. The van der Waals surface area contributed by atoms with Crippen LogP contribution in [0.25, 0.3) is 0 Å². The zero-order valence-corrected chi connectivity index (χ0v) is 17.0. The van der Waals surface area contributed by atoms with E-state index < -0.39 is 23.9 Å². The fourth-order valence-corrected chi connectivity index (χ4v) is 3.74. The average molecular weight is 428 g/mol. The van der Waals surface area contributed by atoms with Crippen molar-refractivity contribution in [2.75, 3.05) is 11.9 Å². The van der Waals surface area contributed by atoms with Gasteiger partial charge < -0.3 is 5.11 Å². The monoisotopic (exact) mass is 428 g/mol. The van der Waals surface area contributed by atoms with E-state index in [0.717, 1.165) is 6.20 Å². The van der Waals surface area contributed by atoms with Crippen molar-refractivity contribution < 1.29 is 18.7 Å². The summed E-state index contributed by atoms with van der Waals surface area (Å²) in [6.45, 7) is 1.91. The second-order valence-electron chi connectivity index (χ2n) is 7.57. The van der Waals surface area contributed by atoms with Gasteiger partial charge in [-0.15, -0.1) is 0 Å². The van der Waals surface area contributed by atoms with E-state index in [9.17, 15) is 18.7 Å². The molecule has 162 valence electrons. The van der Waals surface area contributed by atoms with Crippen molar-refractivity contribution in [3.63, 3.8) is 0 Å². The van der Waals surface area contributed by atoms with Crippen LogP contribution < -0.4 is 10.2 Å². The maximum absolute atomic E-state index is 14.5. The number of aromatic nitrogens is 4. The molecule has 4 rings (SSSR count). The molecule has 3 aromatic rings. The van der Waals surface area contributed by atoms with Crippen LogP contribution in [0.4, 0.5) is 14.6 Å². The molecule has 0 bridgehead atoms. The third kappa shape index (κ3) is 4.17. The molecular weight excluding hydrogens is 406 g/mol. The SMILES string of the molecule is C[C@H]1C[C@@H](NC(O)c2nn(Cc3ccccc3F)cc2F)C(=O)N(C)c2nccnc21. The summed E-state index contributed by atoms with van der Waals surface area (Å²) in [5.41, 5.74) is 0.751. The fourth-order valence-electron chi connectivity index (χ4n) is 3.74. The van der Waals surface area contributed by atoms with E-state index in [0.29, 0.717) is 23.5 Å². The number of carbonyl (C=O) groups excluding carboxylic acids is 1. The van der Waals surface area contributed by atoms with Gasteiger partial charge in [-0.25, -0.2) is 13.8 Å². The zero-order valence-electron chi connectivity index (χ0n) is 17.0. The first-order valence-corrected chi connectivity index (χ1v) is 9.84. The van der Waals surface area contributed by atoms with Crippen molar-refractivity contribution in [1.82, 2.24) is 25.1 Å². The summed E-state index contributed by atoms with van der Waals surface area (Å²) >= 11 is 0. The van der Waals surface area contributed by atoms with Gasteiger partial charge in [0.25, 0.3) is 0 Å². The molecule has 1 aromatic carbocycles. The maximum atomic E-state index is 14.5. The summed E-state index contributed by atoms with van der Waals surface area (Å²) in [6, 6.07) is 5.31. The van der Waals surface area contributed by atoms with Crippen LogP contribution >= 0.6 is 0 Å². The minimum atomic E-state index is -1.53. The largest absolute Gasteiger partial charge is 0.372 e. The van der Waals surface area contributed by atoms with Crippen LogP contribution in [0, 0.1) is 11.6 Å². The first kappa shape index (κ1) is 21.0. The number of aliphatic hydroxyl groups is 1. The predicted octanol–water partition coefficient (Wildman–Crippen LogP) is 2.12. The first-order valence-electron chi connectivity index (χ1n) is 9.84. The van der Waals surface area contributed by atoms with Gasteiger partial charge in [0.2, 0.25) is 5.91 Å². The molecular formula is C21H22F2N6O2. The summed E-state index contributed by atoms with van der Waals surface area (Å²) in [6.07, 6.45) is 2.96. The number of aliphatic hydroxyl groups excluding tert-OH is 1. The van der Waals surface area contributed by atoms with Crippen LogP contribution in [0.3, 0.4) is 0 Å². The van der Waals surface area contributed by atoms with Gasteiger partial charge in [-0.2, -0.15) is 5.10 Å². The molecule has 1 aliphatic heterocycles. The smallest absolute Gasteiger partial charge is 0.245 e. The fraction of sp³-hybridized carbons (Fsp3) is 0.333. The molecule has 0 saturated heterocycles. The number of nitrogens with zero attached hydrogens (tertiary/aromatic N) is 5. The van der Waals surface area contributed by atoms with Crippen LogP contribution in [-0.2, 0) is 11.3 Å². The molecule has 0 spiro atoms. The molecule has 0 saturated carbocycles. The molecule has 2 aromatic heterocycles. The van der Waals surface area contributed by atoms with Crippen LogP contribution in [-0.4, -0.2) is 43.9 Å². The highest BCUT2D eigenvalue weighted by Gasteiger charge is 2.35. The second-order valence-corrected chi connectivity index (χ2v) is 7.57. The molecule has 0 fully saturated rings. The molecule has 2 N–H and O–H groups in total. The minimum absolute atomic E-state index is 0.00505. The molecule has 0 radical (unpaired) electrons. The second kappa shape index (κ2) is 8.48. The quantitative estimate of drug-likeness (QED) is 0.605. The highest BCUT2D eigenvalue weighted by molar-refractivity contribution is 5.97. The van der Waals surface area contributed by atoms with Crippen molar-refractivity contribution in [1.29, 1.82) is 0 Å². The van der Waals surface area contributed by atoms with E-state index in [1.165, 1.54) is 21.8 Å². The van der Waals surface area contributed by atoms with Crippen LogP contribution in [0.15, 0.2) is 42.9 Å². The number of anilines is 1. The average Bonchev–Trinajstić information content (AvgIpc) is 3.10. The van der Waals surface area contributed by atoms with Gasteiger partial charge in [0.15, 0.2) is 17.9 Å². The number of amides is 1. The van der Waals surface area contributed by atoms with Crippen molar-refractivity contribution in [3.8, 4) is 0 Å². The number of halogens is 2. The van der Waals surface area contributed by atoms with Gasteiger partial charge in [0.05, 0.1) is 24.5 Å². The summed E-state index contributed by atoms with van der Waals surface area (Å²) in [5, 5.41) is 17.4. The number of rotatable bonds is 5. The molecule has 31 heavy (non-hydrogen) atoms. The lowest BCUT2D eigenvalue weighted by Crippen LogP contribution is -2.46. The van der Waals surface area contributed by atoms with Crippen molar-refractivity contribution >= 4 is 11.7 Å². The third-order valence-corrected chi connectivity index (χ3v) is 5.36. The Morgan fingerprint density at radius 3 is 2.74 bits per heavy atom. The Kier molecular flexibility index (Phi) is 5.75. The predicted molar refractivity (Wildman–Crippen MR) is 108 cm³/mol. The Balaban J connectivity index is 1.52. The summed E-state index contributed by atoms with van der Waals surface area (Å²) in [7, 11) is 1.58. The standard InChI is InChI=1S/C21H22F2N6O2/c1-12-9-16(21(31)28(2)19-17(12)24-7-8-25-19)26-20(30)18-15(23)11-29(27-18)10-13-5-3-4-6-14(13)22/h3-8,11-12,16,20,26,30H,9-10H2,1-2H3/t12-,16+,20?/m0/s1. The van der Waals surface area contributed by atoms with Gasteiger partial charge in [0.1, 0.15) is 11.5 Å². The van der Waals surface area contributed by atoms with Gasteiger partial charge in [-0.3, -0.25) is 24.7 Å². The highest BCUT2D eigenvalue weighted by atomic mass is 19.1. The Labute approximate surface area is 177 Å². The van der Waals surface area contributed by atoms with E-state index in [2.05, 4.69) is 20.4 Å². The number of nitrogens with one attached hydrogen (secondary N) is 1. The highest BCUT2D eigenvalue weighted by Crippen LogP contribution is 2.31. The zero-order chi connectivity index (χ0) is 22.1. The molecule has 3 atom stereocenters. The van der Waals surface area contributed by atoms with Crippen molar-refractivity contribution in [2.24, 2.45) is 0 Å². The van der Waals surface area contributed by atoms with Gasteiger partial charge in [0, 0.05) is 30.9 Å². The normalized spacial score (nSPS) is 19.8. The number of hydrogen-bond acceptors (Lipinski definition) is 6. The molecule has 0 aliphatic carbocycles. The van der Waals surface area contributed by atoms with E-state index in [4.69, 9.17) is 0 Å². The Hall–Kier alpha value is -3.24. The van der Waals surface area contributed by atoms with E-state index >= 15 is 0 Å². The minimum Gasteiger partial charge on any atom is -0.372 e. The van der Waals surface area contributed by atoms with Gasteiger partial charge >= 0.3 is 0 Å². The van der Waals surface area contributed by atoms with E-state index in [1.807, 2.05) is 6.92 Å². The number of carbonyl (C=O) groups is 1. The topological polar surface area (TPSA) is 96.2 Å². The summed E-state index contributed by atoms with van der Waals surface area (Å²) in [4.78, 5) is 22.9. The van der Waals surface area contributed by atoms with Gasteiger partial charge in [-0.05, 0) is 12.5 Å². The Morgan fingerprint density at radius 2 is 1.97 bits per heavy atom.